The van der Waals surface area contributed by atoms with Gasteiger partial charge in [0.15, 0.2) is 0 Å². The van der Waals surface area contributed by atoms with Crippen molar-refractivity contribution in [2.24, 2.45) is 5.92 Å². The quantitative estimate of drug-likeness (QED) is 0.504. The summed E-state index contributed by atoms with van der Waals surface area (Å²) < 4.78 is 1.55. The van der Waals surface area contributed by atoms with Crippen LogP contribution < -0.4 is 17.2 Å². The molecule has 0 spiro atoms. The normalized spacial score (nSPS) is 21.4. The minimum absolute atomic E-state index is 0.0475. The van der Waals surface area contributed by atoms with Crippen molar-refractivity contribution in [1.29, 1.82) is 0 Å². The predicted octanol–water partition coefficient (Wildman–Crippen LogP) is 2.00. The molecule has 1 aliphatic carbocycles. The molecule has 2 unspecified atom stereocenters. The van der Waals surface area contributed by atoms with Crippen molar-refractivity contribution in [3.63, 3.8) is 0 Å². The van der Waals surface area contributed by atoms with Crippen molar-refractivity contribution in [3.05, 3.63) is 26.8 Å². The third kappa shape index (κ3) is 2.37. The van der Waals surface area contributed by atoms with Gasteiger partial charge in [0.1, 0.15) is 22.9 Å². The van der Waals surface area contributed by atoms with Gasteiger partial charge in [0, 0.05) is 6.04 Å². The van der Waals surface area contributed by atoms with Crippen molar-refractivity contribution in [2.75, 3.05) is 11.5 Å². The van der Waals surface area contributed by atoms with Crippen LogP contribution in [-0.4, -0.2) is 19.5 Å². The Morgan fingerprint density at radius 1 is 1.30 bits per heavy atom. The maximum Gasteiger partial charge on any atom is 0.327 e. The average Bonchev–Trinajstić information content (AvgIpc) is 2.99. The Kier molecular flexibility index (Phi) is 3.63. The lowest BCUT2D eigenvalue weighted by Gasteiger charge is -2.30. The molecule has 1 fully saturated rings. The molecule has 1 aliphatic rings. The van der Waals surface area contributed by atoms with E-state index in [2.05, 4.69) is 16.9 Å². The van der Waals surface area contributed by atoms with Crippen molar-refractivity contribution in [1.82, 2.24) is 14.5 Å². The number of aromatic amines is 2. The van der Waals surface area contributed by atoms with Crippen LogP contribution in [0.25, 0.3) is 11.3 Å². The van der Waals surface area contributed by atoms with Gasteiger partial charge in [0.25, 0.3) is 5.69 Å². The summed E-state index contributed by atoms with van der Waals surface area (Å²) in [5.41, 5.74) is 11.8. The Bertz CT molecular complexity index is 802. The molecule has 0 saturated heterocycles. The molecule has 0 radical (unpaired) electrons. The minimum atomic E-state index is -0.534. The molecule has 0 aliphatic heterocycles. The van der Waals surface area contributed by atoms with Gasteiger partial charge < -0.3 is 16.5 Å². The fourth-order valence-corrected chi connectivity index (χ4v) is 3.54. The second-order valence-corrected chi connectivity index (χ2v) is 6.11. The number of nitrogens with one attached hydrogen (secondary N) is 2. The summed E-state index contributed by atoms with van der Waals surface area (Å²) in [6, 6.07) is -0.0475. The van der Waals surface area contributed by atoms with E-state index in [1.807, 2.05) is 0 Å². The number of H-pyrrole nitrogens is 2. The number of hydrogen-bond acceptors (Lipinski definition) is 5. The van der Waals surface area contributed by atoms with Crippen LogP contribution in [-0.2, 0) is 0 Å². The SMILES string of the molecule is CC1CCCCC1n1c(-c2c([N+](=O)[O-])c[nH]c2N)c(N)[nH]c1=O. The molecule has 9 nitrogen and oxygen atoms in total. The standard InChI is InChI=1S/C14H20N6O3/c1-7-4-2-3-5-8(7)19-11(13(16)18-14(19)21)10-9(20(22)23)6-17-12(10)15/h6-8,17H,2-5,15-16H2,1H3,(H,18,21). The highest BCUT2D eigenvalue weighted by molar-refractivity contribution is 5.86. The number of rotatable bonds is 3. The third-order valence-corrected chi connectivity index (χ3v) is 4.68. The third-order valence-electron chi connectivity index (χ3n) is 4.68. The number of nitro groups is 1. The van der Waals surface area contributed by atoms with Crippen LogP contribution in [0, 0.1) is 16.0 Å². The monoisotopic (exact) mass is 320 g/mol. The van der Waals surface area contributed by atoms with E-state index >= 15 is 0 Å². The number of nitrogens with zero attached hydrogens (tertiary/aromatic N) is 2. The van der Waals surface area contributed by atoms with Crippen molar-refractivity contribution in [3.8, 4) is 11.3 Å². The van der Waals surface area contributed by atoms with E-state index in [9.17, 15) is 14.9 Å². The molecule has 0 amide bonds. The molecule has 2 aromatic heterocycles. The lowest BCUT2D eigenvalue weighted by molar-refractivity contribution is -0.384. The topological polar surface area (TPSA) is 149 Å². The highest BCUT2D eigenvalue weighted by Gasteiger charge is 2.32. The first-order valence-corrected chi connectivity index (χ1v) is 7.63. The first-order chi connectivity index (χ1) is 10.9. The molecular formula is C14H20N6O3. The van der Waals surface area contributed by atoms with E-state index in [-0.39, 0.29) is 40.5 Å². The molecular weight excluding hydrogens is 300 g/mol. The Labute approximate surface area is 131 Å². The Hall–Kier alpha value is -2.71. The second-order valence-electron chi connectivity index (χ2n) is 6.11. The van der Waals surface area contributed by atoms with E-state index in [4.69, 9.17) is 11.5 Å². The zero-order valence-corrected chi connectivity index (χ0v) is 12.8. The summed E-state index contributed by atoms with van der Waals surface area (Å²) in [7, 11) is 0. The lowest BCUT2D eigenvalue weighted by Crippen LogP contribution is -2.29. The number of nitrogens with two attached hydrogens (primary N) is 2. The highest BCUT2D eigenvalue weighted by Crippen LogP contribution is 2.41. The number of anilines is 2. The van der Waals surface area contributed by atoms with E-state index in [0.717, 1.165) is 25.7 Å². The molecule has 2 aromatic rings. The number of aromatic nitrogens is 3. The summed E-state index contributed by atoms with van der Waals surface area (Å²) in [4.78, 5) is 28.4. The molecule has 2 atom stereocenters. The summed E-state index contributed by atoms with van der Waals surface area (Å²) in [5, 5.41) is 11.3. The maximum absolute atomic E-state index is 12.4. The van der Waals surface area contributed by atoms with Gasteiger partial charge in [-0.3, -0.25) is 19.7 Å². The average molecular weight is 320 g/mol. The molecule has 0 aromatic carbocycles. The molecule has 1 saturated carbocycles. The van der Waals surface area contributed by atoms with Gasteiger partial charge in [-0.05, 0) is 18.8 Å². The molecule has 2 heterocycles. The van der Waals surface area contributed by atoms with E-state index < -0.39 is 4.92 Å². The molecule has 124 valence electrons. The second kappa shape index (κ2) is 5.49. The lowest BCUT2D eigenvalue weighted by atomic mass is 9.85. The maximum atomic E-state index is 12.4. The number of imidazole rings is 1. The Morgan fingerprint density at radius 3 is 2.65 bits per heavy atom. The van der Waals surface area contributed by atoms with Crippen molar-refractivity contribution >= 4 is 17.3 Å². The van der Waals surface area contributed by atoms with Gasteiger partial charge in [-0.15, -0.1) is 0 Å². The Balaban J connectivity index is 2.23. The smallest absolute Gasteiger partial charge is 0.327 e. The highest BCUT2D eigenvalue weighted by atomic mass is 16.6. The molecule has 6 N–H and O–H groups in total. The van der Waals surface area contributed by atoms with E-state index in [1.165, 1.54) is 6.20 Å². The molecule has 23 heavy (non-hydrogen) atoms. The van der Waals surface area contributed by atoms with E-state index in [0.29, 0.717) is 5.69 Å². The van der Waals surface area contributed by atoms with Crippen LogP contribution in [0.5, 0.6) is 0 Å². The van der Waals surface area contributed by atoms with Gasteiger partial charge in [-0.1, -0.05) is 19.8 Å². The minimum Gasteiger partial charge on any atom is -0.384 e. The predicted molar refractivity (Wildman–Crippen MR) is 87.0 cm³/mol. The first-order valence-electron chi connectivity index (χ1n) is 7.63. The van der Waals surface area contributed by atoms with Crippen LogP contribution in [0.3, 0.4) is 0 Å². The number of nitrogen functional groups attached to an aromatic ring is 2. The molecule has 9 heteroatoms. The molecule has 3 rings (SSSR count). The van der Waals surface area contributed by atoms with E-state index in [1.54, 1.807) is 4.57 Å². The van der Waals surface area contributed by atoms with Gasteiger partial charge in [0.2, 0.25) is 0 Å². The zero-order valence-electron chi connectivity index (χ0n) is 12.8. The Morgan fingerprint density at radius 2 is 2.00 bits per heavy atom. The van der Waals surface area contributed by atoms with Crippen LogP contribution >= 0.6 is 0 Å². The van der Waals surface area contributed by atoms with Gasteiger partial charge in [-0.25, -0.2) is 4.79 Å². The van der Waals surface area contributed by atoms with Gasteiger partial charge in [0.05, 0.1) is 11.1 Å². The van der Waals surface area contributed by atoms with Crippen LogP contribution in [0.15, 0.2) is 11.0 Å². The van der Waals surface area contributed by atoms with Crippen LogP contribution in [0.1, 0.15) is 38.6 Å². The molecule has 0 bridgehead atoms. The summed E-state index contributed by atoms with van der Waals surface area (Å²) in [6.07, 6.45) is 5.19. The first kappa shape index (κ1) is 15.2. The van der Waals surface area contributed by atoms with Gasteiger partial charge in [-0.2, -0.15) is 0 Å². The van der Waals surface area contributed by atoms with Gasteiger partial charge >= 0.3 is 5.69 Å². The summed E-state index contributed by atoms with van der Waals surface area (Å²) in [6.45, 7) is 2.08. The van der Waals surface area contributed by atoms with Crippen molar-refractivity contribution < 1.29 is 4.92 Å². The van der Waals surface area contributed by atoms with Crippen LogP contribution in [0.2, 0.25) is 0 Å². The largest absolute Gasteiger partial charge is 0.384 e. The zero-order chi connectivity index (χ0) is 16.7. The van der Waals surface area contributed by atoms with Crippen LogP contribution in [0.4, 0.5) is 17.3 Å². The van der Waals surface area contributed by atoms with Crippen molar-refractivity contribution in [2.45, 2.75) is 38.6 Å². The summed E-state index contributed by atoms with van der Waals surface area (Å²) in [5.74, 6) is 0.511. The number of hydrogen-bond donors (Lipinski definition) is 4. The fourth-order valence-electron chi connectivity index (χ4n) is 3.54. The summed E-state index contributed by atoms with van der Waals surface area (Å²) >= 11 is 0. The fraction of sp³-hybridized carbons (Fsp3) is 0.500.